The van der Waals surface area contributed by atoms with Crippen LogP contribution in [-0.2, 0) is 16.6 Å². The molecule has 0 N–H and O–H groups in total. The summed E-state index contributed by atoms with van der Waals surface area (Å²) in [5.41, 5.74) is 0.501. The number of nitro groups is 1. The summed E-state index contributed by atoms with van der Waals surface area (Å²) in [6, 6.07) is 4.73. The molecule has 7 nitrogen and oxygen atoms in total. The Morgan fingerprint density at radius 1 is 1.50 bits per heavy atom. The normalized spacial score (nSPS) is 10.8. The fourth-order valence-corrected chi connectivity index (χ4v) is 2.54. The first-order valence-electron chi connectivity index (χ1n) is 6.21. The minimum Gasteiger partial charge on any atom is -0.466 e. The number of nitrogens with zero attached hydrogens (tertiary/aromatic N) is 3. The number of ether oxygens (including phenoxy) is 1. The van der Waals surface area contributed by atoms with Crippen LogP contribution < -0.4 is 0 Å². The number of aromatic nitrogens is 2. The van der Waals surface area contributed by atoms with Gasteiger partial charge in [0.15, 0.2) is 5.16 Å². The lowest BCUT2D eigenvalue weighted by Gasteiger charge is -2.04. The van der Waals surface area contributed by atoms with Crippen LogP contribution in [0.15, 0.2) is 46.7 Å². The lowest BCUT2D eigenvalue weighted by atomic mass is 10.2. The summed E-state index contributed by atoms with van der Waals surface area (Å²) >= 11 is 1.21. The number of hydrogen-bond donors (Lipinski definition) is 0. The molecule has 0 aliphatic carbocycles. The Balaban J connectivity index is 2.32. The van der Waals surface area contributed by atoms with E-state index in [9.17, 15) is 14.9 Å². The number of rotatable bonds is 5. The van der Waals surface area contributed by atoms with Gasteiger partial charge in [-0.1, -0.05) is 6.07 Å². The summed E-state index contributed by atoms with van der Waals surface area (Å²) in [5.74, 6) is -0.519. The third-order valence-electron chi connectivity index (χ3n) is 2.77. The number of nitro benzene ring substituents is 1. The van der Waals surface area contributed by atoms with E-state index in [1.54, 1.807) is 29.1 Å². The van der Waals surface area contributed by atoms with Crippen LogP contribution in [0.25, 0.3) is 6.08 Å². The smallest absolute Gasteiger partial charge is 0.330 e. The SMILES string of the molecule is COC(=O)/C=C/c1ccc(Sc2nccn2C)c([N+](=O)[O-])c1. The van der Waals surface area contributed by atoms with Gasteiger partial charge in [-0.2, -0.15) is 0 Å². The third kappa shape index (κ3) is 3.73. The third-order valence-corrected chi connectivity index (χ3v) is 3.91. The Labute approximate surface area is 130 Å². The molecule has 0 spiro atoms. The van der Waals surface area contributed by atoms with Crippen molar-refractivity contribution in [3.8, 4) is 0 Å². The van der Waals surface area contributed by atoms with E-state index in [1.807, 2.05) is 7.05 Å². The van der Waals surface area contributed by atoms with Gasteiger partial charge in [0.2, 0.25) is 0 Å². The van der Waals surface area contributed by atoms with Gasteiger partial charge in [0.25, 0.3) is 5.69 Å². The van der Waals surface area contributed by atoms with Crippen molar-refractivity contribution in [1.82, 2.24) is 9.55 Å². The minimum atomic E-state index is -0.519. The number of carbonyl (C=O) groups excluding carboxylic acids is 1. The Bertz CT molecular complexity index is 739. The number of esters is 1. The zero-order valence-electron chi connectivity index (χ0n) is 11.9. The van der Waals surface area contributed by atoms with E-state index < -0.39 is 10.9 Å². The largest absolute Gasteiger partial charge is 0.466 e. The van der Waals surface area contributed by atoms with Crippen LogP contribution in [0.1, 0.15) is 5.56 Å². The summed E-state index contributed by atoms with van der Waals surface area (Å²) < 4.78 is 6.26. The van der Waals surface area contributed by atoms with Crippen LogP contribution in [0.4, 0.5) is 5.69 Å². The summed E-state index contributed by atoms with van der Waals surface area (Å²) in [5, 5.41) is 11.9. The number of carbonyl (C=O) groups is 1. The van der Waals surface area contributed by atoms with Crippen LogP contribution >= 0.6 is 11.8 Å². The van der Waals surface area contributed by atoms with Crippen LogP contribution in [0.2, 0.25) is 0 Å². The molecule has 1 aromatic heterocycles. The molecule has 22 heavy (non-hydrogen) atoms. The van der Waals surface area contributed by atoms with Crippen LogP contribution in [0, 0.1) is 10.1 Å². The van der Waals surface area contributed by atoms with E-state index in [4.69, 9.17) is 0 Å². The van der Waals surface area contributed by atoms with E-state index in [2.05, 4.69) is 9.72 Å². The quantitative estimate of drug-likeness (QED) is 0.364. The molecule has 0 saturated heterocycles. The van der Waals surface area contributed by atoms with Crippen molar-refractivity contribution in [3.05, 3.63) is 52.3 Å². The predicted octanol–water partition coefficient (Wildman–Crippen LogP) is 2.67. The highest BCUT2D eigenvalue weighted by Gasteiger charge is 2.17. The van der Waals surface area contributed by atoms with Gasteiger partial charge in [-0.05, 0) is 29.5 Å². The van der Waals surface area contributed by atoms with Crippen molar-refractivity contribution < 1.29 is 14.5 Å². The summed E-state index contributed by atoms with van der Waals surface area (Å²) in [7, 11) is 3.08. The molecule has 1 heterocycles. The molecule has 0 bridgehead atoms. The molecule has 8 heteroatoms. The van der Waals surface area contributed by atoms with Gasteiger partial charge in [-0.15, -0.1) is 0 Å². The summed E-state index contributed by atoms with van der Waals surface area (Å²) in [6.07, 6.45) is 6.07. The number of methoxy groups -OCH3 is 1. The zero-order valence-corrected chi connectivity index (χ0v) is 12.7. The van der Waals surface area contributed by atoms with E-state index in [0.29, 0.717) is 15.6 Å². The van der Waals surface area contributed by atoms with Crippen molar-refractivity contribution in [2.45, 2.75) is 10.1 Å². The van der Waals surface area contributed by atoms with Crippen molar-refractivity contribution in [3.63, 3.8) is 0 Å². The molecular weight excluding hydrogens is 306 g/mol. The van der Waals surface area contributed by atoms with Gasteiger partial charge < -0.3 is 9.30 Å². The molecule has 114 valence electrons. The molecular formula is C14H13N3O4S. The number of benzene rings is 1. The van der Waals surface area contributed by atoms with Gasteiger partial charge in [0, 0.05) is 31.6 Å². The van der Waals surface area contributed by atoms with Crippen LogP contribution in [0.3, 0.4) is 0 Å². The first kappa shape index (κ1) is 15.8. The van der Waals surface area contributed by atoms with Crippen molar-refractivity contribution in [1.29, 1.82) is 0 Å². The Kier molecular flexibility index (Phi) is 4.95. The lowest BCUT2D eigenvalue weighted by molar-refractivity contribution is -0.387. The molecule has 0 amide bonds. The number of aryl methyl sites for hydroxylation is 1. The van der Waals surface area contributed by atoms with Crippen molar-refractivity contribution in [2.75, 3.05) is 7.11 Å². The highest BCUT2D eigenvalue weighted by Crippen LogP contribution is 2.34. The fraction of sp³-hybridized carbons (Fsp3) is 0.143. The fourth-order valence-electron chi connectivity index (χ4n) is 1.65. The standard InChI is InChI=1S/C14H13N3O4S/c1-16-8-7-15-14(16)22-12-5-3-10(4-6-13(18)21-2)9-11(12)17(19)20/h3-9H,1-2H3/b6-4+. The van der Waals surface area contributed by atoms with Gasteiger partial charge >= 0.3 is 5.97 Å². The summed E-state index contributed by atoms with van der Waals surface area (Å²) in [4.78, 5) is 26.4. The zero-order chi connectivity index (χ0) is 16.1. The Morgan fingerprint density at radius 3 is 2.86 bits per heavy atom. The highest BCUT2D eigenvalue weighted by atomic mass is 32.2. The highest BCUT2D eigenvalue weighted by molar-refractivity contribution is 7.99. The maximum atomic E-state index is 11.2. The van der Waals surface area contributed by atoms with Gasteiger partial charge in [0.1, 0.15) is 0 Å². The minimum absolute atomic E-state index is 0.0417. The Morgan fingerprint density at radius 2 is 2.27 bits per heavy atom. The van der Waals surface area contributed by atoms with Crippen molar-refractivity contribution in [2.24, 2.45) is 7.05 Å². The molecule has 0 aliphatic rings. The molecule has 1 aromatic carbocycles. The Hall–Kier alpha value is -2.61. The van der Waals surface area contributed by atoms with E-state index in [1.165, 1.54) is 37.1 Å². The molecule has 2 rings (SSSR count). The second kappa shape index (κ2) is 6.90. The molecule has 0 unspecified atom stereocenters. The molecule has 0 radical (unpaired) electrons. The average molecular weight is 319 g/mol. The topological polar surface area (TPSA) is 87.3 Å². The average Bonchev–Trinajstić information content (AvgIpc) is 2.90. The van der Waals surface area contributed by atoms with Gasteiger partial charge in [-0.25, -0.2) is 9.78 Å². The lowest BCUT2D eigenvalue weighted by Crippen LogP contribution is -1.95. The summed E-state index contributed by atoms with van der Waals surface area (Å²) in [6.45, 7) is 0. The monoisotopic (exact) mass is 319 g/mol. The van der Waals surface area contributed by atoms with Crippen LogP contribution in [0.5, 0.6) is 0 Å². The molecule has 0 saturated carbocycles. The molecule has 0 atom stereocenters. The second-order valence-electron chi connectivity index (χ2n) is 4.26. The van der Waals surface area contributed by atoms with E-state index in [-0.39, 0.29) is 5.69 Å². The maximum absolute atomic E-state index is 11.2. The van der Waals surface area contributed by atoms with Gasteiger partial charge in [-0.3, -0.25) is 10.1 Å². The number of hydrogen-bond acceptors (Lipinski definition) is 6. The molecule has 2 aromatic rings. The van der Waals surface area contributed by atoms with Crippen molar-refractivity contribution >= 4 is 29.5 Å². The molecule has 0 aliphatic heterocycles. The van der Waals surface area contributed by atoms with E-state index in [0.717, 1.165) is 0 Å². The second-order valence-corrected chi connectivity index (χ2v) is 5.27. The molecule has 0 fully saturated rings. The first-order chi connectivity index (χ1) is 10.5. The number of imidazole rings is 1. The maximum Gasteiger partial charge on any atom is 0.330 e. The van der Waals surface area contributed by atoms with Crippen LogP contribution in [-0.4, -0.2) is 27.6 Å². The predicted molar refractivity (Wildman–Crippen MR) is 81.5 cm³/mol. The van der Waals surface area contributed by atoms with E-state index >= 15 is 0 Å². The van der Waals surface area contributed by atoms with Gasteiger partial charge in [0.05, 0.1) is 16.9 Å². The first-order valence-corrected chi connectivity index (χ1v) is 7.02.